The molecule has 2 aromatic rings. The topological polar surface area (TPSA) is 75.6 Å². The van der Waals surface area contributed by atoms with Gasteiger partial charge in [-0.3, -0.25) is 4.79 Å². The molecule has 2 rings (SSSR count). The van der Waals surface area contributed by atoms with Gasteiger partial charge in [0.15, 0.2) is 6.61 Å². The molecule has 0 spiro atoms. The van der Waals surface area contributed by atoms with Crippen LogP contribution in [0.3, 0.4) is 0 Å². The fourth-order valence-electron chi connectivity index (χ4n) is 1.74. The summed E-state index contributed by atoms with van der Waals surface area (Å²) in [5.74, 6) is -1.10. The van der Waals surface area contributed by atoms with Crippen LogP contribution in [0.4, 0.5) is 0 Å². The van der Waals surface area contributed by atoms with Gasteiger partial charge in [0.2, 0.25) is 0 Å². The van der Waals surface area contributed by atoms with E-state index in [1.165, 1.54) is 18.2 Å². The summed E-state index contributed by atoms with van der Waals surface area (Å²) in [4.78, 5) is 22.5. The third-order valence-corrected chi connectivity index (χ3v) is 3.17. The monoisotopic (exact) mass is 319 g/mol. The number of carbonyl (C=O) groups is 2. The van der Waals surface area contributed by atoms with Gasteiger partial charge < -0.3 is 15.2 Å². The quantitative estimate of drug-likeness (QED) is 0.858. The summed E-state index contributed by atoms with van der Waals surface area (Å²) in [5.41, 5.74) is 1.05. The molecule has 0 atom stereocenters. The highest BCUT2D eigenvalue weighted by Crippen LogP contribution is 2.25. The molecule has 5 nitrogen and oxygen atoms in total. The van der Waals surface area contributed by atoms with Gasteiger partial charge in [0, 0.05) is 6.54 Å². The predicted octanol–water partition coefficient (Wildman–Crippen LogP) is 2.73. The smallest absolute Gasteiger partial charge is 0.335 e. The fourth-order valence-corrected chi connectivity index (χ4v) is 1.98. The number of rotatable bonds is 6. The second-order valence-corrected chi connectivity index (χ2v) is 4.91. The molecule has 0 saturated carbocycles. The number of hydrogen-bond donors (Lipinski definition) is 2. The van der Waals surface area contributed by atoms with Crippen LogP contribution in [-0.4, -0.2) is 23.6 Å². The molecule has 0 unspecified atom stereocenters. The fraction of sp³-hybridized carbons (Fsp3) is 0.125. The summed E-state index contributed by atoms with van der Waals surface area (Å²) in [6.07, 6.45) is 0. The molecular weight excluding hydrogens is 306 g/mol. The Kier molecular flexibility index (Phi) is 5.38. The van der Waals surface area contributed by atoms with Gasteiger partial charge in [0.05, 0.1) is 10.6 Å². The lowest BCUT2D eigenvalue weighted by molar-refractivity contribution is -0.123. The first kappa shape index (κ1) is 15.9. The molecule has 114 valence electrons. The molecule has 1 amide bonds. The van der Waals surface area contributed by atoms with Crippen molar-refractivity contribution in [3.05, 3.63) is 64.7 Å². The number of benzene rings is 2. The van der Waals surface area contributed by atoms with E-state index in [0.29, 0.717) is 6.54 Å². The largest absolute Gasteiger partial charge is 0.482 e. The van der Waals surface area contributed by atoms with E-state index in [0.717, 1.165) is 5.56 Å². The molecule has 0 bridgehead atoms. The molecule has 0 aliphatic rings. The van der Waals surface area contributed by atoms with E-state index in [2.05, 4.69) is 5.32 Å². The summed E-state index contributed by atoms with van der Waals surface area (Å²) in [6, 6.07) is 13.6. The Morgan fingerprint density at radius 1 is 1.14 bits per heavy atom. The van der Waals surface area contributed by atoms with E-state index in [9.17, 15) is 9.59 Å². The number of amides is 1. The summed E-state index contributed by atoms with van der Waals surface area (Å²) in [7, 11) is 0. The van der Waals surface area contributed by atoms with E-state index < -0.39 is 5.97 Å². The van der Waals surface area contributed by atoms with Crippen LogP contribution in [0.5, 0.6) is 5.75 Å². The Morgan fingerprint density at radius 3 is 2.50 bits per heavy atom. The van der Waals surface area contributed by atoms with Crippen LogP contribution in [0.15, 0.2) is 48.5 Å². The second kappa shape index (κ2) is 7.47. The summed E-state index contributed by atoms with van der Waals surface area (Å²) in [6.45, 7) is 0.216. The average Bonchev–Trinajstić information content (AvgIpc) is 2.52. The highest BCUT2D eigenvalue weighted by atomic mass is 35.5. The van der Waals surface area contributed by atoms with Gasteiger partial charge in [-0.2, -0.15) is 0 Å². The minimum absolute atomic E-state index is 0.0610. The van der Waals surface area contributed by atoms with Gasteiger partial charge in [-0.1, -0.05) is 41.9 Å². The zero-order chi connectivity index (χ0) is 15.9. The van der Waals surface area contributed by atoms with Crippen LogP contribution in [0.25, 0.3) is 0 Å². The first-order valence-corrected chi connectivity index (χ1v) is 6.90. The number of carboxylic acids is 1. The predicted molar refractivity (Wildman–Crippen MR) is 82.2 cm³/mol. The van der Waals surface area contributed by atoms with Crippen LogP contribution in [0, 0.1) is 0 Å². The Morgan fingerprint density at radius 2 is 1.86 bits per heavy atom. The number of nitrogens with one attached hydrogen (secondary N) is 1. The van der Waals surface area contributed by atoms with Crippen LogP contribution in [0.2, 0.25) is 5.02 Å². The molecule has 0 aliphatic heterocycles. The zero-order valence-corrected chi connectivity index (χ0v) is 12.3. The van der Waals surface area contributed by atoms with E-state index in [1.54, 1.807) is 0 Å². The van der Waals surface area contributed by atoms with Crippen molar-refractivity contribution in [2.75, 3.05) is 6.61 Å². The maximum absolute atomic E-state index is 11.7. The Hall–Kier alpha value is -2.53. The highest BCUT2D eigenvalue weighted by molar-refractivity contribution is 6.32. The van der Waals surface area contributed by atoms with E-state index in [-0.39, 0.29) is 28.8 Å². The highest BCUT2D eigenvalue weighted by Gasteiger charge is 2.09. The second-order valence-electron chi connectivity index (χ2n) is 4.50. The number of carboxylic acid groups (broad SMARTS) is 1. The average molecular weight is 320 g/mol. The lowest BCUT2D eigenvalue weighted by Crippen LogP contribution is -2.28. The third-order valence-electron chi connectivity index (χ3n) is 2.87. The van der Waals surface area contributed by atoms with Gasteiger partial charge >= 0.3 is 5.97 Å². The molecule has 0 aliphatic carbocycles. The molecule has 0 heterocycles. The molecule has 0 saturated heterocycles. The standard InChI is InChI=1S/C16H14ClNO4/c17-13-8-12(16(20)21)6-7-14(13)22-10-15(19)18-9-11-4-2-1-3-5-11/h1-8H,9-10H2,(H,18,19)(H,20,21). The first-order chi connectivity index (χ1) is 10.6. The summed E-state index contributed by atoms with van der Waals surface area (Å²) < 4.78 is 5.28. The number of halogens is 1. The Bertz CT molecular complexity index is 673. The SMILES string of the molecule is O=C(COc1ccc(C(=O)O)cc1Cl)NCc1ccccc1. The van der Waals surface area contributed by atoms with Crippen molar-refractivity contribution in [3.63, 3.8) is 0 Å². The van der Waals surface area contributed by atoms with Crippen molar-refractivity contribution in [3.8, 4) is 5.75 Å². The Labute approximate surface area is 132 Å². The molecule has 0 aromatic heterocycles. The molecule has 0 radical (unpaired) electrons. The van der Waals surface area contributed by atoms with Gasteiger partial charge in [-0.15, -0.1) is 0 Å². The lowest BCUT2D eigenvalue weighted by Gasteiger charge is -2.09. The number of hydrogen-bond acceptors (Lipinski definition) is 3. The van der Waals surface area contributed by atoms with E-state index in [4.69, 9.17) is 21.4 Å². The van der Waals surface area contributed by atoms with Crippen molar-refractivity contribution < 1.29 is 19.4 Å². The van der Waals surface area contributed by atoms with Gasteiger partial charge in [0.25, 0.3) is 5.91 Å². The molecule has 0 fully saturated rings. The van der Waals surface area contributed by atoms with Crippen molar-refractivity contribution >= 4 is 23.5 Å². The minimum Gasteiger partial charge on any atom is -0.482 e. The maximum atomic E-state index is 11.7. The van der Waals surface area contributed by atoms with Crippen LogP contribution >= 0.6 is 11.6 Å². The van der Waals surface area contributed by atoms with Crippen LogP contribution in [-0.2, 0) is 11.3 Å². The molecule has 2 N–H and O–H groups in total. The number of ether oxygens (including phenoxy) is 1. The van der Waals surface area contributed by atoms with Crippen molar-refractivity contribution in [1.29, 1.82) is 0 Å². The molecule has 22 heavy (non-hydrogen) atoms. The molecule has 2 aromatic carbocycles. The minimum atomic E-state index is -1.07. The maximum Gasteiger partial charge on any atom is 0.335 e. The molecular formula is C16H14ClNO4. The summed E-state index contributed by atoms with van der Waals surface area (Å²) in [5, 5.41) is 11.7. The normalized spacial score (nSPS) is 10.0. The van der Waals surface area contributed by atoms with Crippen molar-refractivity contribution in [1.82, 2.24) is 5.32 Å². The van der Waals surface area contributed by atoms with E-state index in [1.807, 2.05) is 30.3 Å². The van der Waals surface area contributed by atoms with Gasteiger partial charge in [-0.25, -0.2) is 4.79 Å². The third kappa shape index (κ3) is 4.49. The summed E-state index contributed by atoms with van der Waals surface area (Å²) >= 11 is 5.91. The van der Waals surface area contributed by atoms with Crippen LogP contribution in [0.1, 0.15) is 15.9 Å². The molecule has 6 heteroatoms. The zero-order valence-electron chi connectivity index (χ0n) is 11.6. The van der Waals surface area contributed by atoms with Gasteiger partial charge in [0.1, 0.15) is 5.75 Å². The van der Waals surface area contributed by atoms with Crippen LogP contribution < -0.4 is 10.1 Å². The number of carbonyl (C=O) groups excluding carboxylic acids is 1. The number of aromatic carboxylic acids is 1. The van der Waals surface area contributed by atoms with Gasteiger partial charge in [-0.05, 0) is 23.8 Å². The van der Waals surface area contributed by atoms with Crippen molar-refractivity contribution in [2.24, 2.45) is 0 Å². The Balaban J connectivity index is 1.85. The van der Waals surface area contributed by atoms with Crippen molar-refractivity contribution in [2.45, 2.75) is 6.54 Å². The van der Waals surface area contributed by atoms with E-state index >= 15 is 0 Å². The lowest BCUT2D eigenvalue weighted by atomic mass is 10.2. The first-order valence-electron chi connectivity index (χ1n) is 6.52.